The molecule has 2 aromatic heterocycles. The molecule has 0 saturated carbocycles. The van der Waals surface area contributed by atoms with E-state index in [4.69, 9.17) is 4.42 Å². The Bertz CT molecular complexity index is 3560. The molecule has 0 spiro atoms. The van der Waals surface area contributed by atoms with Crippen molar-refractivity contribution in [3.63, 3.8) is 0 Å². The van der Waals surface area contributed by atoms with Crippen LogP contribution in [0.1, 0.15) is 0 Å². The van der Waals surface area contributed by atoms with Gasteiger partial charge in [0, 0.05) is 44.3 Å². The van der Waals surface area contributed by atoms with Crippen LogP contribution < -0.4 is 4.90 Å². The molecule has 0 radical (unpaired) electrons. The van der Waals surface area contributed by atoms with Crippen molar-refractivity contribution in [2.45, 2.75) is 0 Å². The van der Waals surface area contributed by atoms with Crippen LogP contribution in [0.4, 0.5) is 17.1 Å². The van der Waals surface area contributed by atoms with Gasteiger partial charge in [-0.05, 0) is 117 Å². The zero-order chi connectivity index (χ0) is 40.3. The number of rotatable bonds is 7. The Kier molecular flexibility index (Phi) is 8.17. The Morgan fingerprint density at radius 3 is 1.66 bits per heavy atom. The molecule has 0 amide bonds. The first-order valence-corrected chi connectivity index (χ1v) is 20.8. The van der Waals surface area contributed by atoms with Crippen molar-refractivity contribution in [3.05, 3.63) is 231 Å². The maximum absolute atomic E-state index is 6.29. The van der Waals surface area contributed by atoms with E-state index < -0.39 is 0 Å². The SMILES string of the molecule is c1ccc(-c2ccc(N(c3ccc(-c4ccc(-n5c6ccccc6c6c7ccccc7ccc65)cc4)cc3)c3cccc(-c4cccc5oc6ccccc6c45)c3)cc2)cc1. The number of benzene rings is 10. The molecule has 3 heteroatoms. The van der Waals surface area contributed by atoms with Crippen LogP contribution in [0, 0.1) is 0 Å². The number of fused-ring (bicyclic) bond motifs is 8. The Morgan fingerprint density at radius 1 is 0.328 bits per heavy atom. The van der Waals surface area contributed by atoms with E-state index in [1.807, 2.05) is 12.1 Å². The van der Waals surface area contributed by atoms with Crippen LogP contribution in [0.2, 0.25) is 0 Å². The molecule has 0 unspecified atom stereocenters. The van der Waals surface area contributed by atoms with E-state index in [1.165, 1.54) is 49.3 Å². The molecule has 0 saturated heterocycles. The summed E-state index contributed by atoms with van der Waals surface area (Å²) in [6, 6.07) is 82.8. The molecule has 12 rings (SSSR count). The first-order valence-electron chi connectivity index (χ1n) is 20.8. The second-order valence-electron chi connectivity index (χ2n) is 15.7. The van der Waals surface area contributed by atoms with E-state index >= 15 is 0 Å². The zero-order valence-corrected chi connectivity index (χ0v) is 33.2. The molecule has 0 N–H and O–H groups in total. The first kappa shape index (κ1) is 34.9. The Morgan fingerprint density at radius 2 is 0.902 bits per heavy atom. The van der Waals surface area contributed by atoms with Crippen molar-refractivity contribution in [1.82, 2.24) is 4.57 Å². The third kappa shape index (κ3) is 5.90. The number of para-hydroxylation sites is 2. The van der Waals surface area contributed by atoms with Crippen LogP contribution in [0.15, 0.2) is 235 Å². The van der Waals surface area contributed by atoms with Crippen molar-refractivity contribution in [2.24, 2.45) is 0 Å². The smallest absolute Gasteiger partial charge is 0.136 e. The van der Waals surface area contributed by atoms with E-state index in [0.717, 1.165) is 61.4 Å². The molecule has 0 aliphatic carbocycles. The van der Waals surface area contributed by atoms with Gasteiger partial charge in [0.1, 0.15) is 11.2 Å². The van der Waals surface area contributed by atoms with Crippen LogP contribution in [0.3, 0.4) is 0 Å². The van der Waals surface area contributed by atoms with Crippen molar-refractivity contribution < 1.29 is 4.42 Å². The van der Waals surface area contributed by atoms with Crippen LogP contribution in [0.5, 0.6) is 0 Å². The number of nitrogens with zero attached hydrogens (tertiary/aromatic N) is 2. The van der Waals surface area contributed by atoms with E-state index in [9.17, 15) is 0 Å². The summed E-state index contributed by atoms with van der Waals surface area (Å²) in [5, 5.41) is 7.36. The minimum Gasteiger partial charge on any atom is -0.456 e. The van der Waals surface area contributed by atoms with Crippen molar-refractivity contribution in [2.75, 3.05) is 4.90 Å². The average Bonchev–Trinajstić information content (AvgIpc) is 3.89. The number of hydrogen-bond acceptors (Lipinski definition) is 2. The Hall–Kier alpha value is -8.14. The topological polar surface area (TPSA) is 21.3 Å². The minimum atomic E-state index is 0.893. The van der Waals surface area contributed by atoms with Crippen LogP contribution in [-0.4, -0.2) is 4.57 Å². The van der Waals surface area contributed by atoms with Gasteiger partial charge < -0.3 is 13.9 Å². The lowest BCUT2D eigenvalue weighted by molar-refractivity contribution is 0.669. The molecule has 286 valence electrons. The summed E-state index contributed by atoms with van der Waals surface area (Å²) >= 11 is 0. The summed E-state index contributed by atoms with van der Waals surface area (Å²) < 4.78 is 8.69. The summed E-state index contributed by atoms with van der Waals surface area (Å²) in [5.74, 6) is 0. The molecule has 61 heavy (non-hydrogen) atoms. The van der Waals surface area contributed by atoms with Gasteiger partial charge in [0.25, 0.3) is 0 Å². The van der Waals surface area contributed by atoms with Crippen LogP contribution >= 0.6 is 0 Å². The van der Waals surface area contributed by atoms with Gasteiger partial charge in [-0.25, -0.2) is 0 Å². The summed E-state index contributed by atoms with van der Waals surface area (Å²) in [5.41, 5.74) is 15.6. The maximum atomic E-state index is 6.29. The monoisotopic (exact) mass is 778 g/mol. The van der Waals surface area contributed by atoms with Crippen LogP contribution in [0.25, 0.3) is 93.6 Å². The fourth-order valence-electron chi connectivity index (χ4n) is 9.33. The zero-order valence-electron chi connectivity index (χ0n) is 33.2. The highest BCUT2D eigenvalue weighted by molar-refractivity contribution is 6.21. The third-order valence-electron chi connectivity index (χ3n) is 12.2. The molecule has 12 aromatic rings. The van der Waals surface area contributed by atoms with Crippen molar-refractivity contribution in [1.29, 1.82) is 0 Å². The molecule has 0 aliphatic rings. The summed E-state index contributed by atoms with van der Waals surface area (Å²) in [6.45, 7) is 0. The molecular formula is C58H38N2O. The lowest BCUT2D eigenvalue weighted by Gasteiger charge is -2.26. The lowest BCUT2D eigenvalue weighted by Crippen LogP contribution is -2.10. The molecule has 0 bridgehead atoms. The fourth-order valence-corrected chi connectivity index (χ4v) is 9.33. The molecule has 0 fully saturated rings. The molecular weight excluding hydrogens is 741 g/mol. The second kappa shape index (κ2) is 14.3. The predicted octanol–water partition coefficient (Wildman–Crippen LogP) is 16.3. The molecule has 3 nitrogen and oxygen atoms in total. The van der Waals surface area contributed by atoms with Crippen molar-refractivity contribution >= 4 is 71.6 Å². The number of anilines is 3. The Balaban J connectivity index is 0.928. The van der Waals surface area contributed by atoms with E-state index in [-0.39, 0.29) is 0 Å². The van der Waals surface area contributed by atoms with E-state index in [1.54, 1.807) is 0 Å². The van der Waals surface area contributed by atoms with Gasteiger partial charge in [-0.15, -0.1) is 0 Å². The number of hydrogen-bond donors (Lipinski definition) is 0. The van der Waals surface area contributed by atoms with Gasteiger partial charge in [0.2, 0.25) is 0 Å². The van der Waals surface area contributed by atoms with Crippen molar-refractivity contribution in [3.8, 4) is 39.1 Å². The largest absolute Gasteiger partial charge is 0.456 e. The highest BCUT2D eigenvalue weighted by atomic mass is 16.3. The second-order valence-corrected chi connectivity index (χ2v) is 15.7. The number of aromatic nitrogens is 1. The van der Waals surface area contributed by atoms with Gasteiger partial charge in [-0.1, -0.05) is 158 Å². The van der Waals surface area contributed by atoms with Gasteiger partial charge in [-0.2, -0.15) is 0 Å². The molecule has 0 atom stereocenters. The average molecular weight is 779 g/mol. The fraction of sp³-hybridized carbons (Fsp3) is 0. The molecule has 10 aromatic carbocycles. The highest BCUT2D eigenvalue weighted by Gasteiger charge is 2.18. The summed E-state index contributed by atoms with van der Waals surface area (Å²) in [4.78, 5) is 2.35. The van der Waals surface area contributed by atoms with E-state index in [2.05, 4.69) is 228 Å². The lowest BCUT2D eigenvalue weighted by atomic mass is 9.98. The quantitative estimate of drug-likeness (QED) is 0.161. The predicted molar refractivity (Wildman–Crippen MR) is 257 cm³/mol. The summed E-state index contributed by atoms with van der Waals surface area (Å²) in [6.07, 6.45) is 0. The molecule has 2 heterocycles. The summed E-state index contributed by atoms with van der Waals surface area (Å²) in [7, 11) is 0. The van der Waals surface area contributed by atoms with Gasteiger partial charge in [0.15, 0.2) is 0 Å². The standard InChI is InChI=1S/C58H38N2O/c1-2-12-39(13-3-1)40-24-31-45(32-25-40)59(48-16-10-15-44(38-48)50-20-11-23-56-58(50)52-19-7-9-22-55(52)61-56)46-33-26-41(27-34-46)42-28-35-47(36-29-42)60-53-21-8-6-18-51(53)57-49-17-5-4-14-43(49)30-37-54(57)60/h1-38H. The normalized spacial score (nSPS) is 11.6. The maximum Gasteiger partial charge on any atom is 0.136 e. The Labute approximate surface area is 353 Å². The van der Waals surface area contributed by atoms with E-state index in [0.29, 0.717) is 0 Å². The van der Waals surface area contributed by atoms with Gasteiger partial charge >= 0.3 is 0 Å². The van der Waals surface area contributed by atoms with Gasteiger partial charge in [0.05, 0.1) is 11.0 Å². The van der Waals surface area contributed by atoms with Gasteiger partial charge in [-0.3, -0.25) is 0 Å². The minimum absolute atomic E-state index is 0.893. The first-order chi connectivity index (χ1) is 30.2. The highest BCUT2D eigenvalue weighted by Crippen LogP contribution is 2.42. The van der Waals surface area contributed by atoms with Crippen LogP contribution in [-0.2, 0) is 0 Å². The third-order valence-corrected chi connectivity index (χ3v) is 12.2. The number of furan rings is 1. The molecule has 0 aliphatic heterocycles.